The third-order valence-corrected chi connectivity index (χ3v) is 14.3. The number of aliphatic carboxylic acids is 1. The molecule has 1 aromatic heterocycles. The number of aromatic amines is 1. The molecule has 1 heterocycles. The molecule has 0 aliphatic heterocycles. The van der Waals surface area contributed by atoms with Gasteiger partial charge in [0.05, 0.1) is 6.04 Å². The van der Waals surface area contributed by atoms with Crippen LogP contribution in [0.4, 0.5) is 0 Å². The Kier molecular flexibility index (Phi) is 32.3. The summed E-state index contributed by atoms with van der Waals surface area (Å²) >= 11 is 0. The van der Waals surface area contributed by atoms with E-state index in [1.165, 1.54) is 31.2 Å². The minimum atomic E-state index is -1.41. The van der Waals surface area contributed by atoms with Crippen LogP contribution < -0.4 is 81.8 Å². The smallest absolute Gasteiger partial charge is 0.326 e. The van der Waals surface area contributed by atoms with E-state index in [1.807, 2.05) is 52.0 Å². The van der Waals surface area contributed by atoms with Gasteiger partial charge in [-0.1, -0.05) is 58.0 Å². The number of unbranched alkanes of at least 4 members (excludes halogenated alkanes) is 2. The number of nitrogens with one attached hydrogen (secondary N) is 13. The van der Waals surface area contributed by atoms with Crippen molar-refractivity contribution in [3.63, 3.8) is 0 Å². The van der Waals surface area contributed by atoms with Crippen LogP contribution in [-0.4, -0.2) is 161 Å². The van der Waals surface area contributed by atoms with E-state index in [1.54, 1.807) is 6.20 Å². The van der Waals surface area contributed by atoms with Crippen LogP contribution in [-0.2, 0) is 56.0 Å². The number of nitrogens with two attached hydrogens (primary N) is 5. The summed E-state index contributed by atoms with van der Waals surface area (Å²) < 4.78 is 0. The lowest BCUT2D eigenvalue weighted by Gasteiger charge is -2.28. The SMILES string of the molecule is CC(C)C[C@H](NC(=O)[C@H](Cc1c[nH]c2ccccc12)NC(=O)[C@@H](N)CC(C)C)C(=O)N[C@@H](Cc1ccc(O)cc1)C(=O)N[C@@H](C)C(=O)N[C@@H](CCCNC(=N)N)C(=O)N[C@@H](CCCCN)C(=O)N[C@@H](CCCCN)C(=O)N[C@@H](CCCNC(=N)N)C(=O)O. The number of carboxylic acids is 1. The molecule has 0 spiro atoms. The molecule has 0 radical (unpaired) electrons. The molecular formula is C59H96N18O11. The van der Waals surface area contributed by atoms with Gasteiger partial charge in [0.15, 0.2) is 11.9 Å². The number of hydrogen-bond acceptors (Lipinski definition) is 15. The molecule has 88 heavy (non-hydrogen) atoms. The Morgan fingerprint density at radius 1 is 0.500 bits per heavy atom. The maximum Gasteiger partial charge on any atom is 0.326 e. The third-order valence-electron chi connectivity index (χ3n) is 14.3. The molecule has 3 aromatic rings. The molecule has 25 N–H and O–H groups in total. The Labute approximate surface area is 513 Å². The van der Waals surface area contributed by atoms with E-state index in [2.05, 4.69) is 58.2 Å². The summed E-state index contributed by atoms with van der Waals surface area (Å²) in [4.78, 5) is 129. The van der Waals surface area contributed by atoms with Crippen LogP contribution in [0.1, 0.15) is 123 Å². The molecule has 9 atom stereocenters. The lowest BCUT2D eigenvalue weighted by molar-refractivity contribution is -0.142. The molecule has 0 unspecified atom stereocenters. The fourth-order valence-electron chi connectivity index (χ4n) is 9.55. The van der Waals surface area contributed by atoms with Gasteiger partial charge in [0.25, 0.3) is 0 Å². The zero-order valence-corrected chi connectivity index (χ0v) is 51.2. The molecule has 0 saturated carbocycles. The molecule has 0 fully saturated rings. The summed E-state index contributed by atoms with van der Waals surface area (Å²) in [6.07, 6.45) is 3.97. The van der Waals surface area contributed by atoms with Crippen molar-refractivity contribution >= 4 is 76.0 Å². The van der Waals surface area contributed by atoms with Crippen molar-refractivity contribution < 1.29 is 53.4 Å². The van der Waals surface area contributed by atoms with E-state index < -0.39 is 108 Å². The highest BCUT2D eigenvalue weighted by Crippen LogP contribution is 2.20. The van der Waals surface area contributed by atoms with E-state index in [0.717, 1.165) is 16.5 Å². The number of guanidine groups is 2. The minimum Gasteiger partial charge on any atom is -0.508 e. The number of H-pyrrole nitrogens is 1. The summed E-state index contributed by atoms with van der Waals surface area (Å²) in [6.45, 7) is 9.60. The van der Waals surface area contributed by atoms with E-state index in [-0.39, 0.29) is 113 Å². The molecule has 0 saturated heterocycles. The molecule has 2 aromatic carbocycles. The second kappa shape index (κ2) is 38.6. The molecule has 8 amide bonds. The predicted molar refractivity (Wildman–Crippen MR) is 334 cm³/mol. The molecule has 3 rings (SSSR count). The minimum absolute atomic E-state index is 0.0248. The summed E-state index contributed by atoms with van der Waals surface area (Å²) in [6, 6.07) is 1.78. The number of aromatic hydroxyl groups is 1. The number of carbonyl (C=O) groups excluding carboxylic acids is 8. The molecule has 0 aliphatic rings. The van der Waals surface area contributed by atoms with Gasteiger partial charge in [-0.05, 0) is 138 Å². The number of hydrogen-bond donors (Lipinski definition) is 20. The Hall–Kier alpha value is -8.57. The molecule has 488 valence electrons. The number of rotatable bonds is 41. The van der Waals surface area contributed by atoms with Crippen LogP contribution >= 0.6 is 0 Å². The number of fused-ring (bicyclic) bond motifs is 1. The molecular weight excluding hydrogens is 1140 g/mol. The highest BCUT2D eigenvalue weighted by Gasteiger charge is 2.35. The number of benzene rings is 2. The summed E-state index contributed by atoms with van der Waals surface area (Å²) in [5.41, 5.74) is 30.6. The fraction of sp³-hybridized carbons (Fsp3) is 0.576. The lowest BCUT2D eigenvalue weighted by atomic mass is 9.99. The Morgan fingerprint density at radius 2 is 0.920 bits per heavy atom. The summed E-state index contributed by atoms with van der Waals surface area (Å²) in [5, 5.41) is 62.5. The van der Waals surface area contributed by atoms with Crippen molar-refractivity contribution in [1.82, 2.24) is 58.2 Å². The maximum absolute atomic E-state index is 14.5. The van der Waals surface area contributed by atoms with Crippen LogP contribution in [0.25, 0.3) is 10.9 Å². The summed E-state index contributed by atoms with van der Waals surface area (Å²) in [7, 11) is 0. The second-order valence-electron chi connectivity index (χ2n) is 22.8. The number of amides is 8. The monoisotopic (exact) mass is 1230 g/mol. The van der Waals surface area contributed by atoms with Gasteiger partial charge < -0.3 is 97.0 Å². The average molecular weight is 1230 g/mol. The quantitative estimate of drug-likeness (QED) is 0.0181. The van der Waals surface area contributed by atoms with Gasteiger partial charge in [-0.2, -0.15) is 0 Å². The Balaban J connectivity index is 1.92. The Bertz CT molecular complexity index is 2780. The van der Waals surface area contributed by atoms with Crippen molar-refractivity contribution in [2.75, 3.05) is 26.2 Å². The maximum atomic E-state index is 14.5. The van der Waals surface area contributed by atoms with Crippen LogP contribution in [0.2, 0.25) is 0 Å². The first-order valence-electron chi connectivity index (χ1n) is 30.0. The summed E-state index contributed by atoms with van der Waals surface area (Å²) in [5.74, 6) is -8.35. The fourth-order valence-corrected chi connectivity index (χ4v) is 9.55. The van der Waals surface area contributed by atoms with E-state index in [4.69, 9.17) is 39.5 Å². The van der Waals surface area contributed by atoms with Gasteiger partial charge in [-0.25, -0.2) is 4.79 Å². The van der Waals surface area contributed by atoms with Crippen molar-refractivity contribution in [3.05, 3.63) is 65.9 Å². The number of carboxylic acid groups (broad SMARTS) is 1. The second-order valence-corrected chi connectivity index (χ2v) is 22.8. The van der Waals surface area contributed by atoms with E-state index in [9.17, 15) is 53.4 Å². The number of phenols is 1. The van der Waals surface area contributed by atoms with Gasteiger partial charge in [0, 0.05) is 43.0 Å². The van der Waals surface area contributed by atoms with Crippen LogP contribution in [0.15, 0.2) is 54.7 Å². The average Bonchev–Trinajstić information content (AvgIpc) is 4.06. The van der Waals surface area contributed by atoms with Gasteiger partial charge in [0.2, 0.25) is 47.3 Å². The predicted octanol–water partition coefficient (Wildman–Crippen LogP) is -1.15. The first kappa shape index (κ1) is 73.7. The van der Waals surface area contributed by atoms with E-state index >= 15 is 0 Å². The van der Waals surface area contributed by atoms with Crippen molar-refractivity contribution in [2.24, 2.45) is 40.5 Å². The molecule has 0 bridgehead atoms. The largest absolute Gasteiger partial charge is 0.508 e. The number of phenolic OH excluding ortho intramolecular Hbond substituents is 1. The van der Waals surface area contributed by atoms with Gasteiger partial charge in [-0.3, -0.25) is 49.2 Å². The standard InChI is InChI=1S/C59H96N18O11/c1-33(2)28-40(62)50(80)75-48(31-37-32-69-41-15-7-6-14-39(37)41)56(86)76-46(29-34(3)4)55(85)77-47(30-36-20-22-38(78)23-21-36)54(84)70-35(5)49(79)71-44(18-12-26-67-58(63)64)52(82)72-42(16-8-10-24-60)51(81)73-43(17-9-11-25-61)53(83)74-45(57(87)88)19-13-27-68-59(65)66/h6-7,14-15,20-23,32-35,40,42-48,69,78H,8-13,16-19,24-31,60-62H2,1-5H3,(H,70,84)(H,71,79)(H,72,82)(H,73,81)(H,74,83)(H,75,80)(H,76,86)(H,77,85)(H,87,88)(H4,63,64,67)(H4,65,66,68)/t35-,40-,42-,43-,44-,45-,46-,47-,48-/m0/s1. The first-order chi connectivity index (χ1) is 41.7. The highest BCUT2D eigenvalue weighted by atomic mass is 16.4. The zero-order valence-electron chi connectivity index (χ0n) is 51.2. The van der Waals surface area contributed by atoms with Gasteiger partial charge in [0.1, 0.15) is 54.1 Å². The van der Waals surface area contributed by atoms with Crippen molar-refractivity contribution in [1.29, 1.82) is 10.8 Å². The topological polar surface area (TPSA) is 508 Å². The number of para-hydroxylation sites is 1. The molecule has 29 nitrogen and oxygen atoms in total. The normalized spacial score (nSPS) is 14.3. The Morgan fingerprint density at radius 3 is 1.43 bits per heavy atom. The van der Waals surface area contributed by atoms with Crippen LogP contribution in [0.3, 0.4) is 0 Å². The van der Waals surface area contributed by atoms with Crippen molar-refractivity contribution in [3.8, 4) is 5.75 Å². The highest BCUT2D eigenvalue weighted by molar-refractivity contribution is 5.98. The molecule has 29 heteroatoms. The van der Waals surface area contributed by atoms with E-state index in [0.29, 0.717) is 37.7 Å². The zero-order chi connectivity index (χ0) is 65.5. The van der Waals surface area contributed by atoms with Gasteiger partial charge in [-0.15, -0.1) is 0 Å². The number of carbonyl (C=O) groups is 9. The number of aromatic nitrogens is 1. The van der Waals surface area contributed by atoms with Gasteiger partial charge >= 0.3 is 5.97 Å². The van der Waals surface area contributed by atoms with Crippen LogP contribution in [0, 0.1) is 22.7 Å². The first-order valence-corrected chi connectivity index (χ1v) is 30.0. The van der Waals surface area contributed by atoms with Crippen molar-refractivity contribution in [2.45, 2.75) is 179 Å². The molecule has 0 aliphatic carbocycles. The third kappa shape index (κ3) is 27.0. The van der Waals surface area contributed by atoms with Crippen LogP contribution in [0.5, 0.6) is 5.75 Å². The lowest BCUT2D eigenvalue weighted by Crippen LogP contribution is -2.60.